The Labute approximate surface area is 173 Å². The molecule has 156 valence electrons. The molecule has 0 aliphatic carbocycles. The predicted molar refractivity (Wildman–Crippen MR) is 114 cm³/mol. The first-order chi connectivity index (χ1) is 14.3. The van der Waals surface area contributed by atoms with E-state index in [-0.39, 0.29) is 6.03 Å². The van der Waals surface area contributed by atoms with Crippen LogP contribution < -0.4 is 5.32 Å². The van der Waals surface area contributed by atoms with Crippen LogP contribution in [0.15, 0.2) is 54.6 Å². The molecule has 0 saturated carbocycles. The Hall–Kier alpha value is -2.41. The molecule has 1 aliphatic rings. The molecule has 0 bridgehead atoms. The molecular formula is C23H31N3O3. The zero-order chi connectivity index (χ0) is 20.3. The smallest absolute Gasteiger partial charge is 0.318 e. The highest BCUT2D eigenvalue weighted by atomic mass is 16.5. The van der Waals surface area contributed by atoms with Crippen LogP contribution in [0.1, 0.15) is 16.7 Å². The van der Waals surface area contributed by atoms with Gasteiger partial charge in [-0.2, -0.15) is 0 Å². The number of carbonyl (C=O) groups excluding carboxylic acids is 1. The summed E-state index contributed by atoms with van der Waals surface area (Å²) in [6.45, 7) is 6.47. The molecule has 0 atom stereocenters. The molecule has 2 aromatic carbocycles. The maximum Gasteiger partial charge on any atom is 0.318 e. The first-order valence-electron chi connectivity index (χ1n) is 10.2. The van der Waals surface area contributed by atoms with E-state index < -0.39 is 0 Å². The third kappa shape index (κ3) is 6.85. The number of amides is 2. The molecule has 0 aromatic heterocycles. The zero-order valence-corrected chi connectivity index (χ0v) is 17.2. The summed E-state index contributed by atoms with van der Waals surface area (Å²) in [4.78, 5) is 17.0. The van der Waals surface area contributed by atoms with Gasteiger partial charge in [0.25, 0.3) is 0 Å². The molecule has 29 heavy (non-hydrogen) atoms. The predicted octanol–water partition coefficient (Wildman–Crippen LogP) is 2.88. The van der Waals surface area contributed by atoms with E-state index in [2.05, 4.69) is 28.4 Å². The van der Waals surface area contributed by atoms with Crippen LogP contribution in [0.3, 0.4) is 0 Å². The van der Waals surface area contributed by atoms with Gasteiger partial charge in [-0.1, -0.05) is 54.6 Å². The van der Waals surface area contributed by atoms with Crippen LogP contribution in [0.25, 0.3) is 0 Å². The Morgan fingerprint density at radius 1 is 1.07 bits per heavy atom. The molecule has 3 rings (SSSR count). The number of hydrogen-bond donors (Lipinski definition) is 1. The maximum atomic E-state index is 12.9. The second-order valence-corrected chi connectivity index (χ2v) is 7.22. The monoisotopic (exact) mass is 397 g/mol. The lowest BCUT2D eigenvalue weighted by Gasteiger charge is -2.27. The van der Waals surface area contributed by atoms with Crippen molar-refractivity contribution in [3.63, 3.8) is 0 Å². The zero-order valence-electron chi connectivity index (χ0n) is 17.2. The molecule has 0 radical (unpaired) electrons. The number of carbonyl (C=O) groups is 1. The third-order valence-electron chi connectivity index (χ3n) is 5.11. The topological polar surface area (TPSA) is 54.0 Å². The first-order valence-corrected chi connectivity index (χ1v) is 10.2. The summed E-state index contributed by atoms with van der Waals surface area (Å²) in [7, 11) is 1.65. The van der Waals surface area contributed by atoms with E-state index in [9.17, 15) is 4.79 Å². The van der Waals surface area contributed by atoms with Crippen LogP contribution in [0.5, 0.6) is 0 Å². The molecule has 6 heteroatoms. The number of morpholine rings is 1. The highest BCUT2D eigenvalue weighted by Gasteiger charge is 2.16. The number of methoxy groups -OCH3 is 1. The van der Waals surface area contributed by atoms with E-state index in [0.29, 0.717) is 26.2 Å². The number of hydrogen-bond acceptors (Lipinski definition) is 4. The second-order valence-electron chi connectivity index (χ2n) is 7.22. The SMILES string of the molecule is COCCN(Cc1ccccc1)C(=O)NCc1ccccc1CN1CCOCC1. The van der Waals surface area contributed by atoms with Crippen LogP contribution in [0.4, 0.5) is 4.79 Å². The van der Waals surface area contributed by atoms with Crippen molar-refractivity contribution in [3.8, 4) is 0 Å². The Balaban J connectivity index is 1.60. The number of nitrogens with zero attached hydrogens (tertiary/aromatic N) is 2. The lowest BCUT2D eigenvalue weighted by molar-refractivity contribution is 0.0340. The number of nitrogens with one attached hydrogen (secondary N) is 1. The van der Waals surface area contributed by atoms with Crippen molar-refractivity contribution in [3.05, 3.63) is 71.3 Å². The van der Waals surface area contributed by atoms with Crippen molar-refractivity contribution >= 4 is 6.03 Å². The Bertz CT molecular complexity index is 748. The Morgan fingerprint density at radius 2 is 1.76 bits per heavy atom. The molecular weight excluding hydrogens is 366 g/mol. The van der Waals surface area contributed by atoms with Crippen molar-refractivity contribution in [1.29, 1.82) is 0 Å². The van der Waals surface area contributed by atoms with Gasteiger partial charge in [0.1, 0.15) is 0 Å². The van der Waals surface area contributed by atoms with E-state index in [1.54, 1.807) is 12.0 Å². The molecule has 0 unspecified atom stereocenters. The molecule has 1 heterocycles. The van der Waals surface area contributed by atoms with E-state index in [0.717, 1.165) is 44.0 Å². The van der Waals surface area contributed by atoms with Gasteiger partial charge >= 0.3 is 6.03 Å². The molecule has 6 nitrogen and oxygen atoms in total. The number of benzene rings is 2. The summed E-state index contributed by atoms with van der Waals surface area (Å²) in [6, 6.07) is 18.3. The average molecular weight is 398 g/mol. The fourth-order valence-corrected chi connectivity index (χ4v) is 3.42. The number of ether oxygens (including phenoxy) is 2. The van der Waals surface area contributed by atoms with Crippen molar-refractivity contribution in [2.75, 3.05) is 46.6 Å². The van der Waals surface area contributed by atoms with Crippen LogP contribution in [-0.4, -0.2) is 62.4 Å². The summed E-state index contributed by atoms with van der Waals surface area (Å²) >= 11 is 0. The summed E-state index contributed by atoms with van der Waals surface area (Å²) in [5.74, 6) is 0. The molecule has 0 spiro atoms. The number of urea groups is 1. The minimum Gasteiger partial charge on any atom is -0.383 e. The summed E-state index contributed by atoms with van der Waals surface area (Å²) < 4.78 is 10.6. The van der Waals surface area contributed by atoms with Crippen molar-refractivity contribution < 1.29 is 14.3 Å². The summed E-state index contributed by atoms with van der Waals surface area (Å²) in [5, 5.41) is 3.09. The van der Waals surface area contributed by atoms with E-state index in [1.807, 2.05) is 36.4 Å². The van der Waals surface area contributed by atoms with E-state index >= 15 is 0 Å². The van der Waals surface area contributed by atoms with Crippen molar-refractivity contribution in [1.82, 2.24) is 15.1 Å². The van der Waals surface area contributed by atoms with Gasteiger partial charge in [-0.05, 0) is 16.7 Å². The summed E-state index contributed by atoms with van der Waals surface area (Å²) in [5.41, 5.74) is 3.51. The molecule has 1 saturated heterocycles. The quantitative estimate of drug-likeness (QED) is 0.707. The van der Waals surface area contributed by atoms with Gasteiger partial charge in [-0.25, -0.2) is 4.79 Å². The standard InChI is InChI=1S/C23H31N3O3/c1-28-14-13-26(18-20-7-3-2-4-8-20)23(27)24-17-21-9-5-6-10-22(21)19-25-11-15-29-16-12-25/h2-10H,11-19H2,1H3,(H,24,27). The second kappa shape index (κ2) is 11.6. The van der Waals surface area contributed by atoms with Crippen LogP contribution in [-0.2, 0) is 29.1 Å². The molecule has 2 amide bonds. The van der Waals surface area contributed by atoms with Gasteiger partial charge in [0, 0.05) is 46.4 Å². The van der Waals surface area contributed by atoms with Crippen LogP contribution in [0, 0.1) is 0 Å². The van der Waals surface area contributed by atoms with Gasteiger partial charge < -0.3 is 19.7 Å². The Morgan fingerprint density at radius 3 is 2.48 bits per heavy atom. The maximum absolute atomic E-state index is 12.9. The van der Waals surface area contributed by atoms with Crippen LogP contribution >= 0.6 is 0 Å². The van der Waals surface area contributed by atoms with Crippen molar-refractivity contribution in [2.45, 2.75) is 19.6 Å². The first kappa shape index (κ1) is 21.3. The van der Waals surface area contributed by atoms with Gasteiger partial charge in [0.05, 0.1) is 19.8 Å². The normalized spacial score (nSPS) is 14.5. The molecule has 1 aliphatic heterocycles. The summed E-state index contributed by atoms with van der Waals surface area (Å²) in [6.07, 6.45) is 0. The van der Waals surface area contributed by atoms with Crippen molar-refractivity contribution in [2.24, 2.45) is 0 Å². The highest BCUT2D eigenvalue weighted by molar-refractivity contribution is 5.74. The van der Waals surface area contributed by atoms with E-state index in [4.69, 9.17) is 9.47 Å². The largest absolute Gasteiger partial charge is 0.383 e. The molecule has 2 aromatic rings. The Kier molecular flexibility index (Phi) is 8.49. The van der Waals surface area contributed by atoms with Gasteiger partial charge in [0.15, 0.2) is 0 Å². The average Bonchev–Trinajstić information content (AvgIpc) is 2.77. The van der Waals surface area contributed by atoms with Crippen LogP contribution in [0.2, 0.25) is 0 Å². The molecule has 1 fully saturated rings. The van der Waals surface area contributed by atoms with E-state index in [1.165, 1.54) is 5.56 Å². The third-order valence-corrected chi connectivity index (χ3v) is 5.11. The highest BCUT2D eigenvalue weighted by Crippen LogP contribution is 2.13. The lowest BCUT2D eigenvalue weighted by atomic mass is 10.1. The van der Waals surface area contributed by atoms with Gasteiger partial charge in [-0.15, -0.1) is 0 Å². The van der Waals surface area contributed by atoms with Gasteiger partial charge in [-0.3, -0.25) is 4.90 Å². The van der Waals surface area contributed by atoms with Gasteiger partial charge in [0.2, 0.25) is 0 Å². The number of rotatable bonds is 9. The fourth-order valence-electron chi connectivity index (χ4n) is 3.42. The fraction of sp³-hybridized carbons (Fsp3) is 0.435. The minimum absolute atomic E-state index is 0.0768. The molecule has 1 N–H and O–H groups in total. The lowest BCUT2D eigenvalue weighted by Crippen LogP contribution is -2.41. The minimum atomic E-state index is -0.0768.